The Balaban J connectivity index is 2.07. The number of ketones is 2. The number of aromatic nitrogens is 1. The standard InChI is InChI=1S/C22H23ClINO4/c1-6-12-7-8-14(28-20-16(23)9-13(24)11-25-20)10-15(12)17-18(26)21(2,3)29-22(4,5)19(17)27/h7-11,17H,6H2,1-5H3. The van der Waals surface area contributed by atoms with Crippen LogP contribution in [-0.4, -0.2) is 27.8 Å². The van der Waals surface area contributed by atoms with E-state index in [4.69, 9.17) is 21.1 Å². The second-order valence-electron chi connectivity index (χ2n) is 8.04. The Morgan fingerprint density at radius 2 is 1.76 bits per heavy atom. The van der Waals surface area contributed by atoms with Crippen molar-refractivity contribution < 1.29 is 19.1 Å². The van der Waals surface area contributed by atoms with Crippen LogP contribution in [0.15, 0.2) is 30.5 Å². The lowest BCUT2D eigenvalue weighted by atomic mass is 9.73. The van der Waals surface area contributed by atoms with Crippen molar-refractivity contribution in [3.63, 3.8) is 0 Å². The highest BCUT2D eigenvalue weighted by atomic mass is 127. The number of halogens is 2. The van der Waals surface area contributed by atoms with Crippen molar-refractivity contribution in [1.29, 1.82) is 0 Å². The monoisotopic (exact) mass is 527 g/mol. The molecule has 0 amide bonds. The van der Waals surface area contributed by atoms with Crippen molar-refractivity contribution in [2.75, 3.05) is 0 Å². The molecule has 0 unspecified atom stereocenters. The van der Waals surface area contributed by atoms with Crippen LogP contribution in [0.5, 0.6) is 11.6 Å². The van der Waals surface area contributed by atoms with Gasteiger partial charge in [0.2, 0.25) is 5.88 Å². The second kappa shape index (κ2) is 7.96. The van der Waals surface area contributed by atoms with Gasteiger partial charge < -0.3 is 9.47 Å². The number of ether oxygens (including phenoxy) is 2. The zero-order valence-electron chi connectivity index (χ0n) is 17.0. The third-order valence-corrected chi connectivity index (χ3v) is 5.88. The highest BCUT2D eigenvalue weighted by Gasteiger charge is 2.53. The summed E-state index contributed by atoms with van der Waals surface area (Å²) in [4.78, 5) is 30.5. The fourth-order valence-electron chi connectivity index (χ4n) is 3.65. The summed E-state index contributed by atoms with van der Waals surface area (Å²) in [5, 5.41) is 0.388. The van der Waals surface area contributed by atoms with Crippen LogP contribution in [0.3, 0.4) is 0 Å². The number of nitrogens with zero attached hydrogens (tertiary/aromatic N) is 1. The summed E-state index contributed by atoms with van der Waals surface area (Å²) >= 11 is 8.35. The average molecular weight is 528 g/mol. The molecule has 0 radical (unpaired) electrons. The summed E-state index contributed by atoms with van der Waals surface area (Å²) in [6.45, 7) is 8.81. The molecule has 1 aliphatic rings. The van der Waals surface area contributed by atoms with Gasteiger partial charge in [-0.1, -0.05) is 24.6 Å². The summed E-state index contributed by atoms with van der Waals surface area (Å²) in [6.07, 6.45) is 2.33. The molecule has 0 N–H and O–H groups in total. The largest absolute Gasteiger partial charge is 0.438 e. The first-order valence-electron chi connectivity index (χ1n) is 9.37. The maximum Gasteiger partial charge on any atom is 0.238 e. The first-order chi connectivity index (χ1) is 13.5. The quantitative estimate of drug-likeness (QED) is 0.388. The van der Waals surface area contributed by atoms with Crippen LogP contribution in [0.25, 0.3) is 0 Å². The SMILES string of the molecule is CCc1ccc(Oc2ncc(I)cc2Cl)cc1C1C(=O)C(C)(C)OC(C)(C)C1=O. The van der Waals surface area contributed by atoms with E-state index >= 15 is 0 Å². The van der Waals surface area contributed by atoms with Gasteiger partial charge in [0.25, 0.3) is 0 Å². The molecular formula is C22H23ClINO4. The highest BCUT2D eigenvalue weighted by Crippen LogP contribution is 2.41. The maximum absolute atomic E-state index is 13.2. The molecule has 1 aromatic carbocycles. The lowest BCUT2D eigenvalue weighted by Gasteiger charge is -2.43. The zero-order valence-corrected chi connectivity index (χ0v) is 19.9. The van der Waals surface area contributed by atoms with Gasteiger partial charge in [-0.25, -0.2) is 4.98 Å². The number of Topliss-reactive ketones (excluding diaryl/α,β-unsaturated/α-hetero) is 2. The lowest BCUT2D eigenvalue weighted by Crippen LogP contribution is -2.58. The fourth-order valence-corrected chi connectivity index (χ4v) is 4.49. The molecule has 0 aliphatic carbocycles. The normalized spacial score (nSPS) is 18.7. The van der Waals surface area contributed by atoms with E-state index in [1.807, 2.05) is 13.0 Å². The van der Waals surface area contributed by atoms with Gasteiger partial charge in [0.1, 0.15) is 27.9 Å². The number of aryl methyl sites for hydroxylation is 1. The topological polar surface area (TPSA) is 65.5 Å². The van der Waals surface area contributed by atoms with E-state index in [1.165, 1.54) is 0 Å². The van der Waals surface area contributed by atoms with E-state index in [0.29, 0.717) is 22.8 Å². The van der Waals surface area contributed by atoms with Crippen molar-refractivity contribution in [2.24, 2.45) is 0 Å². The Hall–Kier alpha value is -1.51. The van der Waals surface area contributed by atoms with Crippen molar-refractivity contribution >= 4 is 45.8 Å². The van der Waals surface area contributed by atoms with E-state index in [2.05, 4.69) is 27.6 Å². The van der Waals surface area contributed by atoms with Crippen molar-refractivity contribution in [2.45, 2.75) is 58.2 Å². The lowest BCUT2D eigenvalue weighted by molar-refractivity contribution is -0.184. The van der Waals surface area contributed by atoms with Crippen LogP contribution in [0.4, 0.5) is 0 Å². The molecular weight excluding hydrogens is 505 g/mol. The van der Waals surface area contributed by atoms with E-state index < -0.39 is 17.1 Å². The number of pyridine rings is 1. The first-order valence-corrected chi connectivity index (χ1v) is 10.8. The summed E-state index contributed by atoms with van der Waals surface area (Å²) in [6, 6.07) is 7.17. The number of carbonyl (C=O) groups is 2. The van der Waals surface area contributed by atoms with E-state index in [1.54, 1.807) is 52.1 Å². The van der Waals surface area contributed by atoms with Gasteiger partial charge in [-0.05, 0) is 86.0 Å². The van der Waals surface area contributed by atoms with Gasteiger partial charge in [-0.3, -0.25) is 9.59 Å². The number of hydrogen-bond donors (Lipinski definition) is 0. The summed E-state index contributed by atoms with van der Waals surface area (Å²) < 4.78 is 12.6. The van der Waals surface area contributed by atoms with Crippen molar-refractivity contribution in [1.82, 2.24) is 4.98 Å². The Bertz CT molecular complexity index is 961. The number of benzene rings is 1. The van der Waals surface area contributed by atoms with Crippen LogP contribution in [-0.2, 0) is 20.7 Å². The van der Waals surface area contributed by atoms with E-state index in [-0.39, 0.29) is 17.4 Å². The van der Waals surface area contributed by atoms with Gasteiger partial charge in [0.15, 0.2) is 11.6 Å². The second-order valence-corrected chi connectivity index (χ2v) is 9.69. The molecule has 29 heavy (non-hydrogen) atoms. The molecule has 1 fully saturated rings. The minimum Gasteiger partial charge on any atom is -0.438 e. The van der Waals surface area contributed by atoms with Gasteiger partial charge in [-0.15, -0.1) is 0 Å². The van der Waals surface area contributed by atoms with Gasteiger partial charge in [-0.2, -0.15) is 0 Å². The summed E-state index contributed by atoms with van der Waals surface area (Å²) in [7, 11) is 0. The van der Waals surface area contributed by atoms with Gasteiger partial charge in [0, 0.05) is 9.77 Å². The third-order valence-electron chi connectivity index (χ3n) is 5.02. The molecule has 0 saturated carbocycles. The Labute approximate surface area is 189 Å². The number of hydrogen-bond acceptors (Lipinski definition) is 5. The molecule has 1 saturated heterocycles. The van der Waals surface area contributed by atoms with Crippen LogP contribution >= 0.6 is 34.2 Å². The van der Waals surface area contributed by atoms with Crippen molar-refractivity contribution in [3.05, 3.63) is 50.2 Å². The van der Waals surface area contributed by atoms with E-state index in [0.717, 1.165) is 9.13 Å². The minimum absolute atomic E-state index is 0.251. The fraction of sp³-hybridized carbons (Fsp3) is 0.409. The van der Waals surface area contributed by atoms with Gasteiger partial charge in [0.05, 0.1) is 0 Å². The van der Waals surface area contributed by atoms with Crippen LogP contribution in [0.1, 0.15) is 51.7 Å². The Kier molecular flexibility index (Phi) is 6.09. The first kappa shape index (κ1) is 22.2. The molecule has 1 aliphatic heterocycles. The summed E-state index contributed by atoms with van der Waals surface area (Å²) in [5.74, 6) is -0.673. The van der Waals surface area contributed by atoms with Crippen LogP contribution in [0.2, 0.25) is 5.02 Å². The minimum atomic E-state index is -1.06. The summed E-state index contributed by atoms with van der Waals surface area (Å²) in [5.41, 5.74) is -0.569. The van der Waals surface area contributed by atoms with Crippen LogP contribution < -0.4 is 4.74 Å². The predicted octanol–water partition coefficient (Wildman–Crippen LogP) is 5.50. The molecule has 2 aromatic rings. The van der Waals surface area contributed by atoms with Crippen molar-refractivity contribution in [3.8, 4) is 11.6 Å². The molecule has 154 valence electrons. The molecule has 1 aromatic heterocycles. The van der Waals surface area contributed by atoms with E-state index in [9.17, 15) is 9.59 Å². The predicted molar refractivity (Wildman–Crippen MR) is 120 cm³/mol. The smallest absolute Gasteiger partial charge is 0.238 e. The van der Waals surface area contributed by atoms with Crippen LogP contribution in [0, 0.1) is 3.57 Å². The molecule has 0 spiro atoms. The number of carbonyl (C=O) groups excluding carboxylic acids is 2. The highest BCUT2D eigenvalue weighted by molar-refractivity contribution is 14.1. The molecule has 5 nitrogen and oxygen atoms in total. The number of rotatable bonds is 4. The molecule has 0 bridgehead atoms. The Morgan fingerprint density at radius 3 is 2.31 bits per heavy atom. The zero-order chi connectivity index (χ0) is 21.6. The average Bonchev–Trinajstić information content (AvgIpc) is 2.62. The molecule has 2 heterocycles. The van der Waals surface area contributed by atoms with Gasteiger partial charge >= 0.3 is 0 Å². The Morgan fingerprint density at radius 1 is 1.14 bits per heavy atom. The molecule has 3 rings (SSSR count). The molecule has 7 heteroatoms. The maximum atomic E-state index is 13.2. The molecule has 0 atom stereocenters. The third kappa shape index (κ3) is 4.34.